The van der Waals surface area contributed by atoms with Crippen LogP contribution in [0.15, 0.2) is 29.1 Å². The van der Waals surface area contributed by atoms with Crippen LogP contribution in [-0.4, -0.2) is 21.0 Å². The summed E-state index contributed by atoms with van der Waals surface area (Å²) >= 11 is 0. The molecule has 0 aromatic carbocycles. The monoisotopic (exact) mass is 221 g/mol. The van der Waals surface area contributed by atoms with Crippen molar-refractivity contribution in [3.05, 3.63) is 41.9 Å². The standard InChI is InChI=1S/C10H11N3O3/c14-10(15)7-3-8(16-6-7)4-11-5-9-12-1-2-13-9/h1-3,6,11H,4-5H2,(H,12,13)(H,14,15). The summed E-state index contributed by atoms with van der Waals surface area (Å²) in [7, 11) is 0. The number of rotatable bonds is 5. The molecule has 0 aliphatic rings. The third-order valence-corrected chi connectivity index (χ3v) is 2.05. The van der Waals surface area contributed by atoms with E-state index >= 15 is 0 Å². The van der Waals surface area contributed by atoms with E-state index in [0.29, 0.717) is 18.8 Å². The number of aromatic carboxylic acids is 1. The molecule has 2 aromatic rings. The molecule has 6 nitrogen and oxygen atoms in total. The van der Waals surface area contributed by atoms with Gasteiger partial charge < -0.3 is 19.8 Å². The van der Waals surface area contributed by atoms with E-state index in [1.165, 1.54) is 12.3 Å². The first-order valence-corrected chi connectivity index (χ1v) is 4.75. The molecule has 84 valence electrons. The van der Waals surface area contributed by atoms with Gasteiger partial charge in [0.2, 0.25) is 0 Å². The maximum atomic E-state index is 10.6. The second-order valence-corrected chi connectivity index (χ2v) is 3.25. The van der Waals surface area contributed by atoms with Crippen molar-refractivity contribution in [1.82, 2.24) is 15.3 Å². The fourth-order valence-electron chi connectivity index (χ4n) is 1.28. The molecule has 6 heteroatoms. The van der Waals surface area contributed by atoms with Gasteiger partial charge in [0.1, 0.15) is 17.8 Å². The molecule has 0 radical (unpaired) electrons. The van der Waals surface area contributed by atoms with Crippen LogP contribution in [0.3, 0.4) is 0 Å². The molecule has 0 unspecified atom stereocenters. The van der Waals surface area contributed by atoms with Crippen LogP contribution in [-0.2, 0) is 13.1 Å². The van der Waals surface area contributed by atoms with E-state index in [2.05, 4.69) is 15.3 Å². The molecule has 0 atom stereocenters. The molecule has 3 N–H and O–H groups in total. The first-order chi connectivity index (χ1) is 7.75. The molecular formula is C10H11N3O3. The van der Waals surface area contributed by atoms with Crippen LogP contribution in [0.4, 0.5) is 0 Å². The third kappa shape index (κ3) is 2.48. The fraction of sp³-hybridized carbons (Fsp3) is 0.200. The Balaban J connectivity index is 1.83. The van der Waals surface area contributed by atoms with E-state index in [1.807, 2.05) is 0 Å². The average Bonchev–Trinajstić information content (AvgIpc) is 2.87. The van der Waals surface area contributed by atoms with Crippen LogP contribution in [0.5, 0.6) is 0 Å². The first kappa shape index (κ1) is 10.4. The third-order valence-electron chi connectivity index (χ3n) is 2.05. The van der Waals surface area contributed by atoms with Gasteiger partial charge in [-0.1, -0.05) is 0 Å². The molecule has 0 saturated carbocycles. The molecule has 0 spiro atoms. The molecule has 16 heavy (non-hydrogen) atoms. The number of hydrogen-bond donors (Lipinski definition) is 3. The Morgan fingerprint density at radius 3 is 3.06 bits per heavy atom. The SMILES string of the molecule is O=C(O)c1coc(CNCc2ncc[nH]2)c1. The summed E-state index contributed by atoms with van der Waals surface area (Å²) in [5.41, 5.74) is 0.162. The van der Waals surface area contributed by atoms with Crippen molar-refractivity contribution in [1.29, 1.82) is 0 Å². The Hall–Kier alpha value is -2.08. The number of imidazole rings is 1. The largest absolute Gasteiger partial charge is 0.478 e. The number of furan rings is 1. The molecule has 0 amide bonds. The summed E-state index contributed by atoms with van der Waals surface area (Å²) in [5, 5.41) is 11.8. The van der Waals surface area contributed by atoms with Gasteiger partial charge in [-0.05, 0) is 6.07 Å². The Labute approximate surface area is 91.3 Å². The minimum absolute atomic E-state index is 0.162. The normalized spacial score (nSPS) is 10.5. The minimum Gasteiger partial charge on any atom is -0.478 e. The lowest BCUT2D eigenvalue weighted by molar-refractivity contribution is 0.0696. The number of carbonyl (C=O) groups is 1. The Morgan fingerprint density at radius 2 is 2.44 bits per heavy atom. The molecule has 2 rings (SSSR count). The van der Waals surface area contributed by atoms with Crippen LogP contribution in [0.2, 0.25) is 0 Å². The van der Waals surface area contributed by atoms with Crippen LogP contribution >= 0.6 is 0 Å². The van der Waals surface area contributed by atoms with E-state index in [1.54, 1.807) is 12.4 Å². The highest BCUT2D eigenvalue weighted by Crippen LogP contribution is 2.07. The van der Waals surface area contributed by atoms with Crippen LogP contribution in [0.1, 0.15) is 21.9 Å². The molecule has 0 aliphatic carbocycles. The van der Waals surface area contributed by atoms with Gasteiger partial charge in [0, 0.05) is 12.4 Å². The van der Waals surface area contributed by atoms with E-state index in [0.717, 1.165) is 5.82 Å². The zero-order valence-corrected chi connectivity index (χ0v) is 8.43. The van der Waals surface area contributed by atoms with Crippen molar-refractivity contribution < 1.29 is 14.3 Å². The highest BCUT2D eigenvalue weighted by Gasteiger charge is 2.07. The summed E-state index contributed by atoms with van der Waals surface area (Å²) < 4.78 is 5.07. The van der Waals surface area contributed by atoms with Gasteiger partial charge in [0.05, 0.1) is 18.7 Å². The number of carboxylic acid groups (broad SMARTS) is 1. The van der Waals surface area contributed by atoms with E-state index in [-0.39, 0.29) is 5.56 Å². The van der Waals surface area contributed by atoms with Gasteiger partial charge in [-0.15, -0.1) is 0 Å². The second-order valence-electron chi connectivity index (χ2n) is 3.25. The summed E-state index contributed by atoms with van der Waals surface area (Å²) in [6, 6.07) is 1.50. The summed E-state index contributed by atoms with van der Waals surface area (Å²) in [6.45, 7) is 1.05. The molecule has 0 aliphatic heterocycles. The van der Waals surface area contributed by atoms with Gasteiger partial charge in [0.15, 0.2) is 0 Å². The number of aromatic nitrogens is 2. The molecule has 2 heterocycles. The molecule has 0 bridgehead atoms. The van der Waals surface area contributed by atoms with Crippen LogP contribution in [0.25, 0.3) is 0 Å². The van der Waals surface area contributed by atoms with E-state index in [4.69, 9.17) is 9.52 Å². The lowest BCUT2D eigenvalue weighted by atomic mass is 10.3. The fourth-order valence-corrected chi connectivity index (χ4v) is 1.28. The maximum Gasteiger partial charge on any atom is 0.338 e. The van der Waals surface area contributed by atoms with Gasteiger partial charge in [-0.25, -0.2) is 9.78 Å². The lowest BCUT2D eigenvalue weighted by Gasteiger charge is -1.98. The van der Waals surface area contributed by atoms with Crippen LogP contribution in [0, 0.1) is 0 Å². The maximum absolute atomic E-state index is 10.6. The smallest absolute Gasteiger partial charge is 0.338 e. The average molecular weight is 221 g/mol. The molecule has 0 fully saturated rings. The summed E-state index contributed by atoms with van der Waals surface area (Å²) in [6.07, 6.45) is 4.64. The van der Waals surface area contributed by atoms with Gasteiger partial charge in [0.25, 0.3) is 0 Å². The highest BCUT2D eigenvalue weighted by molar-refractivity contribution is 5.87. The number of nitrogens with zero attached hydrogens (tertiary/aromatic N) is 1. The number of aromatic amines is 1. The van der Waals surface area contributed by atoms with Crippen molar-refractivity contribution in [2.24, 2.45) is 0 Å². The van der Waals surface area contributed by atoms with Crippen LogP contribution < -0.4 is 5.32 Å². The Morgan fingerprint density at radius 1 is 1.56 bits per heavy atom. The zero-order valence-electron chi connectivity index (χ0n) is 8.43. The molecule has 0 saturated heterocycles. The predicted molar refractivity (Wildman–Crippen MR) is 54.8 cm³/mol. The lowest BCUT2D eigenvalue weighted by Crippen LogP contribution is -2.13. The van der Waals surface area contributed by atoms with Crippen molar-refractivity contribution in [3.63, 3.8) is 0 Å². The topological polar surface area (TPSA) is 91.2 Å². The van der Waals surface area contributed by atoms with E-state index < -0.39 is 5.97 Å². The number of nitrogens with one attached hydrogen (secondary N) is 2. The van der Waals surface area contributed by atoms with Crippen molar-refractivity contribution in [2.75, 3.05) is 0 Å². The number of hydrogen-bond acceptors (Lipinski definition) is 4. The van der Waals surface area contributed by atoms with Crippen molar-refractivity contribution >= 4 is 5.97 Å². The van der Waals surface area contributed by atoms with Gasteiger partial charge in [-0.3, -0.25) is 0 Å². The minimum atomic E-state index is -0.985. The molecule has 2 aromatic heterocycles. The summed E-state index contributed by atoms with van der Waals surface area (Å²) in [4.78, 5) is 17.6. The summed E-state index contributed by atoms with van der Waals surface area (Å²) in [5.74, 6) is 0.426. The molecular weight excluding hydrogens is 210 g/mol. The highest BCUT2D eigenvalue weighted by atomic mass is 16.4. The first-order valence-electron chi connectivity index (χ1n) is 4.75. The quantitative estimate of drug-likeness (QED) is 0.700. The Kier molecular flexibility index (Phi) is 3.02. The van der Waals surface area contributed by atoms with Gasteiger partial charge in [-0.2, -0.15) is 0 Å². The number of carboxylic acids is 1. The van der Waals surface area contributed by atoms with Gasteiger partial charge >= 0.3 is 5.97 Å². The van der Waals surface area contributed by atoms with E-state index in [9.17, 15) is 4.79 Å². The number of H-pyrrole nitrogens is 1. The van der Waals surface area contributed by atoms with Crippen molar-refractivity contribution in [3.8, 4) is 0 Å². The Bertz CT molecular complexity index is 461. The zero-order chi connectivity index (χ0) is 11.4. The predicted octanol–water partition coefficient (Wildman–Crippen LogP) is 0.991. The second kappa shape index (κ2) is 4.63. The van der Waals surface area contributed by atoms with Crippen molar-refractivity contribution in [2.45, 2.75) is 13.1 Å².